The highest BCUT2D eigenvalue weighted by atomic mass is 127. The second-order valence-corrected chi connectivity index (χ2v) is 6.38. The molecule has 1 aliphatic rings. The lowest BCUT2D eigenvalue weighted by Crippen LogP contribution is -2.38. The number of hydrogen-bond acceptors (Lipinski definition) is 3. The molecule has 0 aromatic heterocycles. The quantitative estimate of drug-likeness (QED) is 0.256. The lowest BCUT2D eigenvalue weighted by molar-refractivity contribution is 0.0893. The third-order valence-electron chi connectivity index (χ3n) is 4.12. The van der Waals surface area contributed by atoms with Crippen molar-refractivity contribution in [1.82, 2.24) is 10.2 Å². The van der Waals surface area contributed by atoms with Gasteiger partial charge in [-0.2, -0.15) is 0 Å². The van der Waals surface area contributed by atoms with E-state index in [0.29, 0.717) is 12.5 Å². The summed E-state index contributed by atoms with van der Waals surface area (Å²) in [6.07, 6.45) is 2.00. The highest BCUT2D eigenvalue weighted by Gasteiger charge is 2.15. The van der Waals surface area contributed by atoms with Crippen LogP contribution in [0.1, 0.15) is 25.3 Å². The first-order valence-corrected chi connectivity index (χ1v) is 9.08. The van der Waals surface area contributed by atoms with Crippen LogP contribution in [0.5, 0.6) is 0 Å². The Kier molecular flexibility index (Phi) is 11.8. The van der Waals surface area contributed by atoms with Gasteiger partial charge >= 0.3 is 0 Å². The number of halogens is 2. The van der Waals surface area contributed by atoms with Gasteiger partial charge in [-0.05, 0) is 37.5 Å². The van der Waals surface area contributed by atoms with Crippen molar-refractivity contribution in [2.24, 2.45) is 10.9 Å². The molecule has 1 aliphatic heterocycles. The smallest absolute Gasteiger partial charge is 0.193 e. The topological polar surface area (TPSA) is 46.1 Å². The number of rotatable bonds is 9. The molecule has 0 saturated carbocycles. The summed E-state index contributed by atoms with van der Waals surface area (Å²) in [4.78, 5) is 6.70. The highest BCUT2D eigenvalue weighted by molar-refractivity contribution is 14.0. The Morgan fingerprint density at radius 3 is 2.81 bits per heavy atom. The fourth-order valence-electron chi connectivity index (χ4n) is 2.72. The molecule has 1 aromatic rings. The molecule has 2 rings (SSSR count). The van der Waals surface area contributed by atoms with Crippen molar-refractivity contribution < 1.29 is 13.9 Å². The minimum Gasteiger partial charge on any atom is -0.381 e. The number of nitrogens with one attached hydrogen (secondary N) is 1. The molecule has 1 fully saturated rings. The Morgan fingerprint density at radius 1 is 1.38 bits per heavy atom. The van der Waals surface area contributed by atoms with Gasteiger partial charge in [0.1, 0.15) is 5.82 Å². The summed E-state index contributed by atoms with van der Waals surface area (Å²) in [6.45, 7) is 7.47. The zero-order valence-corrected chi connectivity index (χ0v) is 18.1. The van der Waals surface area contributed by atoms with Gasteiger partial charge in [-0.1, -0.05) is 12.1 Å². The van der Waals surface area contributed by atoms with Crippen LogP contribution in [0.15, 0.2) is 29.3 Å². The van der Waals surface area contributed by atoms with Crippen molar-refractivity contribution in [2.75, 3.05) is 46.6 Å². The van der Waals surface area contributed by atoms with E-state index in [9.17, 15) is 4.39 Å². The number of hydrogen-bond donors (Lipinski definition) is 1. The SMILES string of the molecule is CCNC(=NCCCOCC1CCOC1)N(C)Cc1ccc(F)cc1.I. The van der Waals surface area contributed by atoms with Crippen LogP contribution in [0, 0.1) is 11.7 Å². The minimum absolute atomic E-state index is 0. The van der Waals surface area contributed by atoms with Crippen LogP contribution in [0.3, 0.4) is 0 Å². The van der Waals surface area contributed by atoms with E-state index >= 15 is 0 Å². The van der Waals surface area contributed by atoms with Gasteiger partial charge in [0, 0.05) is 45.8 Å². The van der Waals surface area contributed by atoms with E-state index < -0.39 is 0 Å². The summed E-state index contributed by atoms with van der Waals surface area (Å²) in [5, 5.41) is 3.29. The molecule has 148 valence electrons. The van der Waals surface area contributed by atoms with Gasteiger partial charge in [-0.3, -0.25) is 4.99 Å². The molecule has 26 heavy (non-hydrogen) atoms. The Labute approximate surface area is 173 Å². The lowest BCUT2D eigenvalue weighted by Gasteiger charge is -2.22. The standard InChI is InChI=1S/C19H30FN3O2.HI/c1-3-21-19(23(2)13-16-5-7-18(20)8-6-16)22-10-4-11-24-14-17-9-12-25-15-17;/h5-8,17H,3-4,9-15H2,1-2H3,(H,21,22);1H. The number of nitrogens with zero attached hydrogens (tertiary/aromatic N) is 2. The van der Waals surface area contributed by atoms with Crippen LogP contribution in [-0.2, 0) is 16.0 Å². The van der Waals surface area contributed by atoms with Gasteiger partial charge in [-0.25, -0.2) is 4.39 Å². The zero-order valence-electron chi connectivity index (χ0n) is 15.7. The number of guanidine groups is 1. The van der Waals surface area contributed by atoms with Gasteiger partial charge < -0.3 is 19.7 Å². The number of ether oxygens (including phenoxy) is 2. The predicted octanol–water partition coefficient (Wildman–Crippen LogP) is 3.28. The summed E-state index contributed by atoms with van der Waals surface area (Å²) >= 11 is 0. The van der Waals surface area contributed by atoms with E-state index in [1.54, 1.807) is 12.1 Å². The Morgan fingerprint density at radius 2 is 2.15 bits per heavy atom. The molecule has 1 atom stereocenters. The monoisotopic (exact) mass is 479 g/mol. The van der Waals surface area contributed by atoms with Crippen molar-refractivity contribution in [3.05, 3.63) is 35.6 Å². The van der Waals surface area contributed by atoms with E-state index in [4.69, 9.17) is 9.47 Å². The van der Waals surface area contributed by atoms with E-state index in [2.05, 4.69) is 10.3 Å². The average molecular weight is 479 g/mol. The van der Waals surface area contributed by atoms with Gasteiger partial charge in [0.2, 0.25) is 0 Å². The van der Waals surface area contributed by atoms with Crippen LogP contribution in [0.25, 0.3) is 0 Å². The van der Waals surface area contributed by atoms with Crippen molar-refractivity contribution in [3.63, 3.8) is 0 Å². The van der Waals surface area contributed by atoms with Crippen LogP contribution in [0.2, 0.25) is 0 Å². The summed E-state index contributed by atoms with van der Waals surface area (Å²) in [5.74, 6) is 1.20. The molecule has 1 heterocycles. The predicted molar refractivity (Wildman–Crippen MR) is 114 cm³/mol. The van der Waals surface area contributed by atoms with Gasteiger partial charge in [0.25, 0.3) is 0 Å². The van der Waals surface area contributed by atoms with Crippen LogP contribution < -0.4 is 5.32 Å². The number of benzene rings is 1. The maximum absolute atomic E-state index is 13.0. The molecule has 0 bridgehead atoms. The van der Waals surface area contributed by atoms with Crippen LogP contribution in [-0.4, -0.2) is 57.4 Å². The first-order valence-electron chi connectivity index (χ1n) is 9.08. The van der Waals surface area contributed by atoms with E-state index in [0.717, 1.165) is 63.9 Å². The summed E-state index contributed by atoms with van der Waals surface area (Å²) in [5.41, 5.74) is 1.05. The Balaban J connectivity index is 0.00000338. The molecule has 0 aliphatic carbocycles. The molecular weight excluding hydrogens is 448 g/mol. The van der Waals surface area contributed by atoms with Crippen LogP contribution in [0.4, 0.5) is 4.39 Å². The number of aliphatic imine (C=N–C) groups is 1. The summed E-state index contributed by atoms with van der Waals surface area (Å²) in [6, 6.07) is 6.58. The maximum Gasteiger partial charge on any atom is 0.193 e. The average Bonchev–Trinajstić information content (AvgIpc) is 3.12. The molecule has 0 spiro atoms. The van der Waals surface area contributed by atoms with Gasteiger partial charge in [0.15, 0.2) is 5.96 Å². The molecule has 1 saturated heterocycles. The fourth-order valence-corrected chi connectivity index (χ4v) is 2.72. The van der Waals surface area contributed by atoms with Crippen molar-refractivity contribution in [2.45, 2.75) is 26.3 Å². The lowest BCUT2D eigenvalue weighted by atomic mass is 10.1. The largest absolute Gasteiger partial charge is 0.381 e. The molecule has 1 N–H and O–H groups in total. The summed E-state index contributed by atoms with van der Waals surface area (Å²) in [7, 11) is 1.99. The Bertz CT molecular complexity index is 522. The van der Waals surface area contributed by atoms with Gasteiger partial charge in [0.05, 0.1) is 13.2 Å². The van der Waals surface area contributed by atoms with E-state index in [1.165, 1.54) is 12.1 Å². The van der Waals surface area contributed by atoms with E-state index in [1.807, 2.05) is 18.9 Å². The van der Waals surface area contributed by atoms with E-state index in [-0.39, 0.29) is 29.8 Å². The summed E-state index contributed by atoms with van der Waals surface area (Å²) < 4.78 is 24.0. The van der Waals surface area contributed by atoms with Crippen molar-refractivity contribution >= 4 is 29.9 Å². The highest BCUT2D eigenvalue weighted by Crippen LogP contribution is 2.12. The third kappa shape index (κ3) is 8.64. The molecule has 0 amide bonds. The van der Waals surface area contributed by atoms with Gasteiger partial charge in [-0.15, -0.1) is 24.0 Å². The van der Waals surface area contributed by atoms with Crippen LogP contribution >= 0.6 is 24.0 Å². The molecule has 0 radical (unpaired) electrons. The molecular formula is C19H31FIN3O2. The maximum atomic E-state index is 13.0. The molecule has 1 aromatic carbocycles. The third-order valence-corrected chi connectivity index (χ3v) is 4.12. The molecule has 7 heteroatoms. The molecule has 5 nitrogen and oxygen atoms in total. The first kappa shape index (κ1) is 23.1. The fraction of sp³-hybridized carbons (Fsp3) is 0.632. The minimum atomic E-state index is -0.212. The second-order valence-electron chi connectivity index (χ2n) is 6.38. The zero-order chi connectivity index (χ0) is 17.9. The second kappa shape index (κ2) is 13.3. The first-order chi connectivity index (χ1) is 12.2. The van der Waals surface area contributed by atoms with Crippen molar-refractivity contribution in [3.8, 4) is 0 Å². The Hall–Kier alpha value is -0.930. The normalized spacial score (nSPS) is 17.0. The van der Waals surface area contributed by atoms with Crippen molar-refractivity contribution in [1.29, 1.82) is 0 Å². The molecule has 1 unspecified atom stereocenters.